The zero-order valence-corrected chi connectivity index (χ0v) is 15.7. The van der Waals surface area contributed by atoms with Crippen molar-refractivity contribution < 1.29 is 0 Å². The summed E-state index contributed by atoms with van der Waals surface area (Å²) in [4.78, 5) is 12.2. The third-order valence-electron chi connectivity index (χ3n) is 3.77. The predicted octanol–water partition coefficient (Wildman–Crippen LogP) is 2.88. The molecule has 0 aliphatic carbocycles. The number of aromatic amines is 1. The number of nitrogens with one attached hydrogen (secondary N) is 1. The zero-order valence-electron chi connectivity index (χ0n) is 14.9. The van der Waals surface area contributed by atoms with Crippen molar-refractivity contribution in [2.75, 3.05) is 0 Å². The Morgan fingerprint density at radius 3 is 2.73 bits per heavy atom. The first kappa shape index (κ1) is 17.9. The monoisotopic (exact) mass is 368 g/mol. The number of benzene rings is 1. The van der Waals surface area contributed by atoms with Crippen LogP contribution < -0.4 is 5.56 Å². The van der Waals surface area contributed by atoms with Crippen LogP contribution >= 0.6 is 12.2 Å². The van der Waals surface area contributed by atoms with E-state index in [2.05, 4.69) is 34.2 Å². The molecule has 7 nitrogen and oxygen atoms in total. The van der Waals surface area contributed by atoms with Crippen molar-refractivity contribution in [3.8, 4) is 5.69 Å². The molecule has 0 aliphatic heterocycles. The minimum atomic E-state index is -0.342. The Balaban J connectivity index is 2.04. The van der Waals surface area contributed by atoms with Gasteiger partial charge >= 0.3 is 0 Å². The van der Waals surface area contributed by atoms with Crippen molar-refractivity contribution in [1.29, 1.82) is 0 Å². The number of aryl methyl sites for hydroxylation is 1. The van der Waals surface area contributed by atoms with Crippen LogP contribution in [0.1, 0.15) is 30.8 Å². The summed E-state index contributed by atoms with van der Waals surface area (Å²) < 4.78 is 3.11. The summed E-state index contributed by atoms with van der Waals surface area (Å²) in [6.45, 7) is 5.88. The second kappa shape index (κ2) is 7.57. The molecule has 0 aliphatic rings. The third kappa shape index (κ3) is 3.85. The van der Waals surface area contributed by atoms with E-state index in [0.29, 0.717) is 11.6 Å². The normalized spacial score (nSPS) is 11.5. The van der Waals surface area contributed by atoms with E-state index in [1.54, 1.807) is 13.1 Å². The summed E-state index contributed by atoms with van der Waals surface area (Å²) in [5, 5.41) is 15.4. The average Bonchev–Trinajstić information content (AvgIpc) is 3.01. The van der Waals surface area contributed by atoms with E-state index < -0.39 is 0 Å². The fourth-order valence-corrected chi connectivity index (χ4v) is 2.66. The Bertz CT molecular complexity index is 1050. The molecule has 0 bridgehead atoms. The highest BCUT2D eigenvalue weighted by atomic mass is 32.1. The Morgan fingerprint density at radius 1 is 1.31 bits per heavy atom. The molecule has 3 rings (SSSR count). The molecule has 8 heteroatoms. The molecule has 3 aromatic rings. The molecule has 0 amide bonds. The lowest BCUT2D eigenvalue weighted by Gasteiger charge is -2.02. The van der Waals surface area contributed by atoms with Crippen LogP contribution in [-0.4, -0.2) is 30.9 Å². The molecule has 0 saturated carbocycles. The molecule has 1 N–H and O–H groups in total. The smallest absolute Gasteiger partial charge is 0.265 e. The van der Waals surface area contributed by atoms with Gasteiger partial charge in [0.25, 0.3) is 5.56 Å². The average molecular weight is 368 g/mol. The lowest BCUT2D eigenvalue weighted by atomic mass is 10.1. The van der Waals surface area contributed by atoms with Crippen LogP contribution in [-0.2, 0) is 6.42 Å². The predicted molar refractivity (Wildman–Crippen MR) is 104 cm³/mol. The van der Waals surface area contributed by atoms with Gasteiger partial charge in [0.2, 0.25) is 4.77 Å². The van der Waals surface area contributed by atoms with E-state index >= 15 is 0 Å². The number of para-hydroxylation sites is 1. The van der Waals surface area contributed by atoms with Gasteiger partial charge in [-0.3, -0.25) is 9.89 Å². The number of hydrogen-bond donors (Lipinski definition) is 1. The van der Waals surface area contributed by atoms with E-state index in [9.17, 15) is 4.79 Å². The molecular formula is C18H20N6OS. The lowest BCUT2D eigenvalue weighted by molar-refractivity contribution is 0.628. The SMILES string of the molecule is Cc1n[nH]c(=S)n(/N=C\c2cn(-c3ccccc3)nc2CC(C)C)c1=O. The van der Waals surface area contributed by atoms with Crippen molar-refractivity contribution in [3.05, 3.63) is 68.6 Å². The number of H-pyrrole nitrogens is 1. The van der Waals surface area contributed by atoms with Crippen molar-refractivity contribution in [2.24, 2.45) is 11.0 Å². The standard InChI is InChI=1S/C18H20N6OS/c1-12(2)9-16-14(11-23(22-16)15-7-5-4-6-8-15)10-19-24-17(25)13(3)20-21-18(24)26/h4-8,10-12H,9H2,1-3H3,(H,21,26)/b19-10-. The number of aromatic nitrogens is 5. The molecular weight excluding hydrogens is 348 g/mol. The molecule has 2 heterocycles. The van der Waals surface area contributed by atoms with Crippen LogP contribution in [0.25, 0.3) is 5.69 Å². The van der Waals surface area contributed by atoms with E-state index in [1.165, 1.54) is 0 Å². The van der Waals surface area contributed by atoms with Crippen LogP contribution in [0.2, 0.25) is 0 Å². The van der Waals surface area contributed by atoms with Crippen LogP contribution in [0, 0.1) is 17.6 Å². The fourth-order valence-electron chi connectivity index (χ4n) is 2.49. The van der Waals surface area contributed by atoms with Crippen molar-refractivity contribution in [1.82, 2.24) is 24.7 Å². The number of nitrogens with zero attached hydrogens (tertiary/aromatic N) is 5. The van der Waals surface area contributed by atoms with Gasteiger partial charge in [-0.2, -0.15) is 20.0 Å². The van der Waals surface area contributed by atoms with Gasteiger partial charge in [-0.05, 0) is 43.6 Å². The molecule has 0 atom stereocenters. The summed E-state index contributed by atoms with van der Waals surface area (Å²) >= 11 is 5.11. The summed E-state index contributed by atoms with van der Waals surface area (Å²) in [5.41, 5.74) is 2.69. The molecule has 1 aromatic carbocycles. The quantitative estimate of drug-likeness (QED) is 0.555. The minimum Gasteiger partial charge on any atom is -0.265 e. The van der Waals surface area contributed by atoms with Gasteiger partial charge < -0.3 is 0 Å². The van der Waals surface area contributed by atoms with Crippen LogP contribution in [0.5, 0.6) is 0 Å². The highest BCUT2D eigenvalue weighted by Crippen LogP contribution is 2.14. The van der Waals surface area contributed by atoms with E-state index in [0.717, 1.165) is 28.0 Å². The Kier molecular flexibility index (Phi) is 5.22. The molecule has 0 saturated heterocycles. The molecule has 0 spiro atoms. The molecule has 0 fully saturated rings. The van der Waals surface area contributed by atoms with Gasteiger partial charge in [-0.25, -0.2) is 4.68 Å². The van der Waals surface area contributed by atoms with Crippen molar-refractivity contribution in [2.45, 2.75) is 27.2 Å². The van der Waals surface area contributed by atoms with Gasteiger partial charge in [0, 0.05) is 11.8 Å². The van der Waals surface area contributed by atoms with E-state index in [4.69, 9.17) is 12.2 Å². The van der Waals surface area contributed by atoms with Crippen LogP contribution in [0.4, 0.5) is 0 Å². The van der Waals surface area contributed by atoms with E-state index in [1.807, 2.05) is 41.2 Å². The lowest BCUT2D eigenvalue weighted by Crippen LogP contribution is -2.22. The highest BCUT2D eigenvalue weighted by molar-refractivity contribution is 7.71. The molecule has 0 unspecified atom stereocenters. The second-order valence-electron chi connectivity index (χ2n) is 6.38. The van der Waals surface area contributed by atoms with Gasteiger partial charge in [-0.1, -0.05) is 32.0 Å². The van der Waals surface area contributed by atoms with Gasteiger partial charge in [0.15, 0.2) is 0 Å². The van der Waals surface area contributed by atoms with Crippen LogP contribution in [0.15, 0.2) is 46.4 Å². The van der Waals surface area contributed by atoms with Gasteiger partial charge in [-0.15, -0.1) is 0 Å². The first-order valence-electron chi connectivity index (χ1n) is 8.32. The van der Waals surface area contributed by atoms with Crippen molar-refractivity contribution >= 4 is 18.4 Å². The Morgan fingerprint density at radius 2 is 2.04 bits per heavy atom. The maximum Gasteiger partial charge on any atom is 0.296 e. The van der Waals surface area contributed by atoms with Crippen molar-refractivity contribution in [3.63, 3.8) is 0 Å². The van der Waals surface area contributed by atoms with Gasteiger partial charge in [0.1, 0.15) is 5.69 Å². The number of hydrogen-bond acceptors (Lipinski definition) is 5. The van der Waals surface area contributed by atoms with Crippen LogP contribution in [0.3, 0.4) is 0 Å². The maximum atomic E-state index is 12.2. The first-order chi connectivity index (χ1) is 12.5. The summed E-state index contributed by atoms with van der Waals surface area (Å²) in [5.74, 6) is 0.440. The third-order valence-corrected chi connectivity index (χ3v) is 4.04. The summed E-state index contributed by atoms with van der Waals surface area (Å²) in [6, 6.07) is 9.86. The Labute approximate surface area is 156 Å². The van der Waals surface area contributed by atoms with E-state index in [-0.39, 0.29) is 10.3 Å². The minimum absolute atomic E-state index is 0.151. The maximum absolute atomic E-state index is 12.2. The molecule has 134 valence electrons. The second-order valence-corrected chi connectivity index (χ2v) is 6.77. The molecule has 0 radical (unpaired) electrons. The highest BCUT2D eigenvalue weighted by Gasteiger charge is 2.11. The zero-order chi connectivity index (χ0) is 18.7. The Hall–Kier alpha value is -2.87. The number of rotatable bonds is 5. The topological polar surface area (TPSA) is 80.9 Å². The van der Waals surface area contributed by atoms with Gasteiger partial charge in [0.05, 0.1) is 17.6 Å². The molecule has 26 heavy (non-hydrogen) atoms. The summed E-state index contributed by atoms with van der Waals surface area (Å²) in [6.07, 6.45) is 4.33. The summed E-state index contributed by atoms with van der Waals surface area (Å²) in [7, 11) is 0. The largest absolute Gasteiger partial charge is 0.296 e. The molecule has 2 aromatic heterocycles. The fraction of sp³-hybridized carbons (Fsp3) is 0.278. The first-order valence-corrected chi connectivity index (χ1v) is 8.73.